The van der Waals surface area contributed by atoms with E-state index in [1.54, 1.807) is 24.3 Å². The summed E-state index contributed by atoms with van der Waals surface area (Å²) in [5.41, 5.74) is 1.14. The van der Waals surface area contributed by atoms with Crippen LogP contribution in [0.25, 0.3) is 10.2 Å². The first-order valence-electron chi connectivity index (χ1n) is 7.13. The van der Waals surface area contributed by atoms with Crippen molar-refractivity contribution < 1.29 is 8.42 Å². The molecule has 1 aromatic carbocycles. The Balaban J connectivity index is 2.00. The Morgan fingerprint density at radius 2 is 2.04 bits per heavy atom. The lowest BCUT2D eigenvalue weighted by molar-refractivity contribution is 0.414. The van der Waals surface area contributed by atoms with Gasteiger partial charge in [-0.3, -0.25) is 0 Å². The number of thiophene rings is 1. The number of sulfone groups is 1. The molecule has 1 N–H and O–H groups in total. The van der Waals surface area contributed by atoms with Crippen LogP contribution in [-0.4, -0.2) is 38.9 Å². The van der Waals surface area contributed by atoms with E-state index in [0.29, 0.717) is 9.23 Å². The van der Waals surface area contributed by atoms with Crippen molar-refractivity contribution in [3.05, 3.63) is 47.1 Å². The molecule has 0 radical (unpaired) electrons. The molecule has 23 heavy (non-hydrogen) atoms. The van der Waals surface area contributed by atoms with Crippen LogP contribution in [0.5, 0.6) is 0 Å². The highest BCUT2D eigenvalue weighted by molar-refractivity contribution is 7.93. The summed E-state index contributed by atoms with van der Waals surface area (Å²) in [6, 6.07) is 8.13. The van der Waals surface area contributed by atoms with Gasteiger partial charge < -0.3 is 9.88 Å². The van der Waals surface area contributed by atoms with Crippen molar-refractivity contribution >= 4 is 43.0 Å². The third kappa shape index (κ3) is 3.30. The van der Waals surface area contributed by atoms with E-state index in [1.165, 1.54) is 17.4 Å². The largest absolute Gasteiger partial charge is 0.353 e. The fourth-order valence-corrected chi connectivity index (χ4v) is 5.45. The van der Waals surface area contributed by atoms with Crippen LogP contribution >= 0.6 is 22.9 Å². The summed E-state index contributed by atoms with van der Waals surface area (Å²) in [6.07, 6.45) is 2.83. The van der Waals surface area contributed by atoms with E-state index in [2.05, 4.69) is 9.88 Å². The molecule has 2 aromatic heterocycles. The Bertz CT molecular complexity index is 942. The third-order valence-electron chi connectivity index (χ3n) is 3.63. The zero-order valence-corrected chi connectivity index (χ0v) is 15.2. The summed E-state index contributed by atoms with van der Waals surface area (Å²) < 4.78 is 25.9. The van der Waals surface area contributed by atoms with Gasteiger partial charge in [-0.1, -0.05) is 17.7 Å². The van der Waals surface area contributed by atoms with E-state index < -0.39 is 9.84 Å². The lowest BCUT2D eigenvalue weighted by Crippen LogP contribution is -2.14. The molecule has 0 aliphatic rings. The first kappa shape index (κ1) is 16.5. The number of nitrogens with zero attached hydrogens (tertiary/aromatic N) is 1. The molecule has 0 spiro atoms. The van der Waals surface area contributed by atoms with Gasteiger partial charge in [-0.15, -0.1) is 11.3 Å². The smallest absolute Gasteiger partial charge is 0.216 e. The van der Waals surface area contributed by atoms with Crippen molar-refractivity contribution in [2.24, 2.45) is 0 Å². The highest BCUT2D eigenvalue weighted by Crippen LogP contribution is 2.34. The van der Waals surface area contributed by atoms with Crippen LogP contribution in [0.4, 0.5) is 0 Å². The molecule has 0 fully saturated rings. The Kier molecular flexibility index (Phi) is 4.51. The Labute approximate surface area is 144 Å². The van der Waals surface area contributed by atoms with Crippen molar-refractivity contribution in [3.63, 3.8) is 0 Å². The van der Waals surface area contributed by atoms with Crippen LogP contribution in [-0.2, 0) is 16.3 Å². The second-order valence-electron chi connectivity index (χ2n) is 5.64. The lowest BCUT2D eigenvalue weighted by Gasteiger charge is -2.07. The highest BCUT2D eigenvalue weighted by Gasteiger charge is 2.22. The summed E-state index contributed by atoms with van der Waals surface area (Å²) in [6.45, 7) is 0.916. The van der Waals surface area contributed by atoms with Gasteiger partial charge in [0.25, 0.3) is 0 Å². The number of hydrogen-bond donors (Lipinski definition) is 1. The number of H-pyrrole nitrogens is 1. The van der Waals surface area contributed by atoms with Crippen LogP contribution in [0.2, 0.25) is 5.02 Å². The highest BCUT2D eigenvalue weighted by atomic mass is 35.5. The number of halogens is 1. The molecule has 7 heteroatoms. The van der Waals surface area contributed by atoms with Gasteiger partial charge >= 0.3 is 0 Å². The van der Waals surface area contributed by atoms with Gasteiger partial charge in [0, 0.05) is 23.2 Å². The molecule has 0 amide bonds. The molecule has 0 bridgehead atoms. The average Bonchev–Trinajstić information content (AvgIpc) is 3.06. The second-order valence-corrected chi connectivity index (χ2v) is 9.30. The van der Waals surface area contributed by atoms with E-state index in [9.17, 15) is 8.42 Å². The van der Waals surface area contributed by atoms with E-state index in [1.807, 2.05) is 20.3 Å². The van der Waals surface area contributed by atoms with Crippen molar-refractivity contribution in [2.45, 2.75) is 15.5 Å². The van der Waals surface area contributed by atoms with Crippen LogP contribution in [0.1, 0.15) is 5.56 Å². The number of aromatic amines is 1. The number of nitrogens with one attached hydrogen (secondary N) is 1. The van der Waals surface area contributed by atoms with Crippen molar-refractivity contribution in [1.82, 2.24) is 9.88 Å². The maximum atomic E-state index is 12.8. The molecule has 0 saturated carbocycles. The van der Waals surface area contributed by atoms with Gasteiger partial charge in [0.2, 0.25) is 9.84 Å². The van der Waals surface area contributed by atoms with Gasteiger partial charge in [0.1, 0.15) is 9.04 Å². The van der Waals surface area contributed by atoms with E-state index in [4.69, 9.17) is 11.6 Å². The zero-order valence-electron chi connectivity index (χ0n) is 12.8. The predicted molar refractivity (Wildman–Crippen MR) is 95.3 cm³/mol. The maximum absolute atomic E-state index is 12.8. The van der Waals surface area contributed by atoms with Crippen LogP contribution < -0.4 is 0 Å². The molecule has 4 nitrogen and oxygen atoms in total. The monoisotopic (exact) mass is 368 g/mol. The van der Waals surface area contributed by atoms with Crippen molar-refractivity contribution in [2.75, 3.05) is 20.6 Å². The van der Waals surface area contributed by atoms with Crippen LogP contribution in [0.15, 0.2) is 45.6 Å². The summed E-state index contributed by atoms with van der Waals surface area (Å²) in [4.78, 5) is 6.40. The second kappa shape index (κ2) is 6.28. The van der Waals surface area contributed by atoms with Gasteiger partial charge in [-0.25, -0.2) is 8.42 Å². The molecule has 0 unspecified atom stereocenters. The normalized spacial score (nSPS) is 12.3. The average molecular weight is 369 g/mol. The number of benzene rings is 1. The first-order valence-corrected chi connectivity index (χ1v) is 9.81. The molecule has 0 aliphatic carbocycles. The third-order valence-corrected chi connectivity index (χ3v) is 7.16. The first-order chi connectivity index (χ1) is 10.9. The van der Waals surface area contributed by atoms with Gasteiger partial charge in [-0.05, 0) is 50.3 Å². The molecular formula is C16H17ClN2O2S2. The van der Waals surface area contributed by atoms with Gasteiger partial charge in [0.05, 0.1) is 4.90 Å². The fourth-order valence-electron chi connectivity index (χ4n) is 2.38. The Morgan fingerprint density at radius 1 is 1.26 bits per heavy atom. The topological polar surface area (TPSA) is 53.2 Å². The summed E-state index contributed by atoms with van der Waals surface area (Å²) in [7, 11) is 0.503. The Morgan fingerprint density at radius 3 is 2.74 bits per heavy atom. The number of rotatable bonds is 5. The fraction of sp³-hybridized carbons (Fsp3) is 0.250. The molecule has 0 aliphatic heterocycles. The van der Waals surface area contributed by atoms with Gasteiger partial charge in [0.15, 0.2) is 0 Å². The molecule has 3 rings (SSSR count). The molecular weight excluding hydrogens is 352 g/mol. The standard InChI is InChI=1S/C16H17ClN2O2S2/c1-19(2)7-6-11-10-18-16-14(11)9-15(22-16)23(20,21)13-5-3-4-12(17)8-13/h3-5,8-10,18H,6-7H2,1-2H3. The zero-order chi connectivity index (χ0) is 16.6. The summed E-state index contributed by atoms with van der Waals surface area (Å²) in [5.74, 6) is 0. The van der Waals surface area contributed by atoms with E-state index >= 15 is 0 Å². The molecule has 3 aromatic rings. The number of aromatic nitrogens is 1. The number of hydrogen-bond acceptors (Lipinski definition) is 4. The maximum Gasteiger partial charge on any atom is 0.216 e. The van der Waals surface area contributed by atoms with E-state index in [-0.39, 0.29) is 4.90 Å². The van der Waals surface area contributed by atoms with Gasteiger partial charge in [-0.2, -0.15) is 0 Å². The van der Waals surface area contributed by atoms with E-state index in [0.717, 1.165) is 28.7 Å². The quantitative estimate of drug-likeness (QED) is 0.744. The minimum atomic E-state index is -3.54. The minimum absolute atomic E-state index is 0.226. The SMILES string of the molecule is CN(C)CCc1c[nH]c2sc(S(=O)(=O)c3cccc(Cl)c3)cc12. The number of likely N-dealkylation sites (N-methyl/N-ethyl adjacent to an activating group) is 1. The van der Waals surface area contributed by atoms with Crippen molar-refractivity contribution in [1.29, 1.82) is 0 Å². The molecule has 122 valence electrons. The van der Waals surface area contributed by atoms with Crippen LogP contribution in [0, 0.1) is 0 Å². The predicted octanol–water partition coefficient (Wildman–Crippen LogP) is 3.82. The Hall–Kier alpha value is -1.34. The summed E-state index contributed by atoms with van der Waals surface area (Å²) >= 11 is 7.18. The van der Waals surface area contributed by atoms with Crippen molar-refractivity contribution in [3.8, 4) is 0 Å². The number of fused-ring (bicyclic) bond motifs is 1. The minimum Gasteiger partial charge on any atom is -0.353 e. The lowest BCUT2D eigenvalue weighted by atomic mass is 10.2. The van der Waals surface area contributed by atoms with Crippen LogP contribution in [0.3, 0.4) is 0 Å². The molecule has 2 heterocycles. The molecule has 0 saturated heterocycles. The molecule has 0 atom stereocenters. The summed E-state index contributed by atoms with van der Waals surface area (Å²) in [5, 5.41) is 1.40.